The van der Waals surface area contributed by atoms with Crippen LogP contribution in [0.4, 0.5) is 0 Å². The van der Waals surface area contributed by atoms with E-state index in [1.54, 1.807) is 19.1 Å². The molecule has 1 aliphatic heterocycles. The Balaban J connectivity index is 2.15. The Morgan fingerprint density at radius 3 is 2.50 bits per heavy atom. The number of carbonyl (C=O) groups excluding carboxylic acids is 1. The van der Waals surface area contributed by atoms with Gasteiger partial charge in [0.1, 0.15) is 11.4 Å². The number of nitrogens with zero attached hydrogens (tertiary/aromatic N) is 2. The van der Waals surface area contributed by atoms with E-state index in [9.17, 15) is 15.0 Å². The molecule has 1 aromatic rings. The lowest BCUT2D eigenvalue weighted by molar-refractivity contribution is -0.171. The molecule has 3 atom stereocenters. The maximum atomic E-state index is 11.6. The van der Waals surface area contributed by atoms with Crippen molar-refractivity contribution in [2.75, 3.05) is 13.7 Å². The van der Waals surface area contributed by atoms with Crippen LogP contribution in [0.5, 0.6) is 0 Å². The maximum absolute atomic E-state index is 11.6. The largest absolute Gasteiger partial charge is 0.469 e. The smallest absolute Gasteiger partial charge is 0.309 e. The van der Waals surface area contributed by atoms with Crippen LogP contribution < -0.4 is 0 Å². The quantitative estimate of drug-likeness (QED) is 0.606. The molecule has 0 bridgehead atoms. The summed E-state index contributed by atoms with van der Waals surface area (Å²) in [7, 11) is 1.30. The van der Waals surface area contributed by atoms with Crippen LogP contribution in [0.15, 0.2) is 35.5 Å². The summed E-state index contributed by atoms with van der Waals surface area (Å²) in [6, 6.07) is 7.14. The highest BCUT2D eigenvalue weighted by atomic mass is 35.5. The van der Waals surface area contributed by atoms with E-state index in [0.29, 0.717) is 11.6 Å². The Morgan fingerprint density at radius 1 is 1.29 bits per heavy atom. The second-order valence-corrected chi connectivity index (χ2v) is 6.45. The standard InChI is InChI=1S/C16H20Cl2N2O4/c1-10(15(22)24-2)8-20-14(21)7-13(18)19(16(20)23)9-11-3-5-12(17)6-4-11/h3-7,10,14,16,21,23H,8-9H2,1-2H3/t10-,14-,16+/m0/s1. The first-order valence-corrected chi connectivity index (χ1v) is 8.17. The zero-order valence-corrected chi connectivity index (χ0v) is 14.9. The van der Waals surface area contributed by atoms with Gasteiger partial charge in [0.25, 0.3) is 0 Å². The van der Waals surface area contributed by atoms with Crippen molar-refractivity contribution >= 4 is 29.2 Å². The summed E-state index contributed by atoms with van der Waals surface area (Å²) >= 11 is 12.0. The van der Waals surface area contributed by atoms with Gasteiger partial charge in [0, 0.05) is 18.1 Å². The van der Waals surface area contributed by atoms with E-state index in [4.69, 9.17) is 23.2 Å². The fourth-order valence-electron chi connectivity index (χ4n) is 2.48. The summed E-state index contributed by atoms with van der Waals surface area (Å²) in [6.07, 6.45) is -0.866. The molecule has 8 heteroatoms. The van der Waals surface area contributed by atoms with Gasteiger partial charge in [-0.1, -0.05) is 42.3 Å². The molecule has 1 aliphatic rings. The molecule has 0 saturated heterocycles. The van der Waals surface area contributed by atoms with Crippen molar-refractivity contribution < 1.29 is 19.7 Å². The van der Waals surface area contributed by atoms with E-state index in [1.165, 1.54) is 23.0 Å². The number of halogens is 2. The summed E-state index contributed by atoms with van der Waals surface area (Å²) in [5, 5.41) is 21.6. The van der Waals surface area contributed by atoms with Gasteiger partial charge in [-0.3, -0.25) is 4.79 Å². The predicted molar refractivity (Wildman–Crippen MR) is 90.8 cm³/mol. The zero-order chi connectivity index (χ0) is 17.9. The van der Waals surface area contributed by atoms with Gasteiger partial charge in [-0.2, -0.15) is 0 Å². The van der Waals surface area contributed by atoms with Gasteiger partial charge in [0.05, 0.1) is 13.0 Å². The molecule has 1 heterocycles. The number of rotatable bonds is 5. The van der Waals surface area contributed by atoms with E-state index in [0.717, 1.165) is 5.56 Å². The molecule has 0 radical (unpaired) electrons. The maximum Gasteiger partial charge on any atom is 0.309 e. The molecular weight excluding hydrogens is 355 g/mol. The average molecular weight is 375 g/mol. The van der Waals surface area contributed by atoms with Crippen LogP contribution in [-0.4, -0.2) is 52.2 Å². The van der Waals surface area contributed by atoms with E-state index < -0.39 is 24.5 Å². The van der Waals surface area contributed by atoms with Crippen LogP contribution in [0, 0.1) is 5.92 Å². The minimum absolute atomic E-state index is 0.118. The molecule has 2 N–H and O–H groups in total. The summed E-state index contributed by atoms with van der Waals surface area (Å²) in [6.45, 7) is 2.10. The molecule has 24 heavy (non-hydrogen) atoms. The fraction of sp³-hybridized carbons (Fsp3) is 0.438. The molecule has 2 rings (SSSR count). The molecule has 0 amide bonds. The molecule has 0 spiro atoms. The van der Waals surface area contributed by atoms with Gasteiger partial charge in [-0.05, 0) is 23.8 Å². The second kappa shape index (κ2) is 8.18. The molecule has 0 saturated carbocycles. The molecule has 0 fully saturated rings. The Bertz CT molecular complexity index is 609. The van der Waals surface area contributed by atoms with Crippen molar-refractivity contribution in [3.8, 4) is 0 Å². The number of hydrogen-bond donors (Lipinski definition) is 2. The highest BCUT2D eigenvalue weighted by Gasteiger charge is 2.35. The van der Waals surface area contributed by atoms with E-state index in [1.807, 2.05) is 12.1 Å². The number of carbonyl (C=O) groups is 1. The number of benzene rings is 1. The molecule has 1 aromatic carbocycles. The number of esters is 1. The van der Waals surface area contributed by atoms with E-state index >= 15 is 0 Å². The highest BCUT2D eigenvalue weighted by Crippen LogP contribution is 2.27. The highest BCUT2D eigenvalue weighted by molar-refractivity contribution is 6.30. The lowest BCUT2D eigenvalue weighted by Gasteiger charge is -2.43. The Labute approximate surface area is 150 Å². The lowest BCUT2D eigenvalue weighted by Crippen LogP contribution is -2.56. The molecule has 132 valence electrons. The first-order valence-electron chi connectivity index (χ1n) is 7.41. The Hall–Kier alpha value is -1.31. The molecule has 6 nitrogen and oxygen atoms in total. The lowest BCUT2D eigenvalue weighted by atomic mass is 10.1. The van der Waals surface area contributed by atoms with Gasteiger partial charge in [0.2, 0.25) is 0 Å². The van der Waals surface area contributed by atoms with Gasteiger partial charge in [0.15, 0.2) is 6.35 Å². The van der Waals surface area contributed by atoms with Crippen molar-refractivity contribution in [3.05, 3.63) is 46.1 Å². The first kappa shape index (κ1) is 19.0. The van der Waals surface area contributed by atoms with E-state index in [2.05, 4.69) is 4.74 Å². The van der Waals surface area contributed by atoms with Crippen LogP contribution in [0.1, 0.15) is 12.5 Å². The van der Waals surface area contributed by atoms with Gasteiger partial charge < -0.3 is 19.8 Å². The SMILES string of the molecule is COC(=O)[C@@H](C)CN1[C@H](O)N(Cc2ccc(Cl)cc2)C(Cl)=C[C@@H]1O. The number of ether oxygens (including phenoxy) is 1. The van der Waals surface area contributed by atoms with Crippen molar-refractivity contribution in [2.45, 2.75) is 26.0 Å². The van der Waals surface area contributed by atoms with Crippen LogP contribution >= 0.6 is 23.2 Å². The third-order valence-corrected chi connectivity index (χ3v) is 4.43. The van der Waals surface area contributed by atoms with E-state index in [-0.39, 0.29) is 11.7 Å². The molecule has 0 aromatic heterocycles. The van der Waals surface area contributed by atoms with Gasteiger partial charge >= 0.3 is 5.97 Å². The Morgan fingerprint density at radius 2 is 1.92 bits per heavy atom. The normalized spacial score (nSPS) is 22.9. The van der Waals surface area contributed by atoms with Crippen LogP contribution in [-0.2, 0) is 16.1 Å². The van der Waals surface area contributed by atoms with Crippen LogP contribution in [0.3, 0.4) is 0 Å². The van der Waals surface area contributed by atoms with Crippen molar-refractivity contribution in [2.24, 2.45) is 5.92 Å². The fourth-order valence-corrected chi connectivity index (χ4v) is 2.86. The zero-order valence-electron chi connectivity index (χ0n) is 13.4. The number of aliphatic hydroxyl groups is 2. The monoisotopic (exact) mass is 374 g/mol. The minimum atomic E-state index is -1.18. The third-order valence-electron chi connectivity index (χ3n) is 3.83. The van der Waals surface area contributed by atoms with Crippen molar-refractivity contribution in [3.63, 3.8) is 0 Å². The van der Waals surface area contributed by atoms with Crippen molar-refractivity contribution in [1.82, 2.24) is 9.80 Å². The summed E-state index contributed by atoms with van der Waals surface area (Å²) in [5.41, 5.74) is 0.891. The van der Waals surface area contributed by atoms with Crippen LogP contribution in [0.2, 0.25) is 5.02 Å². The van der Waals surface area contributed by atoms with Crippen molar-refractivity contribution in [1.29, 1.82) is 0 Å². The number of methoxy groups -OCH3 is 1. The third kappa shape index (κ3) is 4.40. The van der Waals surface area contributed by atoms with Crippen LogP contribution in [0.25, 0.3) is 0 Å². The molecular formula is C16H20Cl2N2O4. The molecule has 0 unspecified atom stereocenters. The second-order valence-electron chi connectivity index (χ2n) is 5.62. The summed E-state index contributed by atoms with van der Waals surface area (Å²) in [5.74, 6) is -0.929. The predicted octanol–water partition coefficient (Wildman–Crippen LogP) is 1.94. The summed E-state index contributed by atoms with van der Waals surface area (Å²) < 4.78 is 4.68. The molecule has 0 aliphatic carbocycles. The minimum Gasteiger partial charge on any atom is -0.469 e. The topological polar surface area (TPSA) is 73.2 Å². The van der Waals surface area contributed by atoms with Gasteiger partial charge in [-0.15, -0.1) is 0 Å². The number of aliphatic hydroxyl groups excluding tert-OH is 2. The summed E-state index contributed by atoms with van der Waals surface area (Å²) in [4.78, 5) is 14.5. The average Bonchev–Trinajstić information content (AvgIpc) is 2.56. The number of hydrogen-bond acceptors (Lipinski definition) is 6. The van der Waals surface area contributed by atoms with Gasteiger partial charge in [-0.25, -0.2) is 4.90 Å². The first-order chi connectivity index (χ1) is 11.3. The Kier molecular flexibility index (Phi) is 6.48.